The lowest BCUT2D eigenvalue weighted by Crippen LogP contribution is -2.21. The maximum Gasteiger partial charge on any atom is 0.262 e. The summed E-state index contributed by atoms with van der Waals surface area (Å²) in [4.78, 5) is 23.7. The van der Waals surface area contributed by atoms with Crippen molar-refractivity contribution in [3.05, 3.63) is 56.5 Å². The number of halogens is 3. The molecule has 1 N–H and O–H groups in total. The largest absolute Gasteiger partial charge is 0.481 e. The molecule has 0 saturated carbocycles. The van der Waals surface area contributed by atoms with Crippen LogP contribution in [0.2, 0.25) is 15.1 Å². The van der Waals surface area contributed by atoms with Gasteiger partial charge in [-0.2, -0.15) is 0 Å². The summed E-state index contributed by atoms with van der Waals surface area (Å²) in [5.74, 6) is -0.573. The number of rotatable bonds is 5. The zero-order valence-corrected chi connectivity index (χ0v) is 15.2. The van der Waals surface area contributed by atoms with Crippen LogP contribution in [0.5, 0.6) is 5.75 Å². The lowest BCUT2D eigenvalue weighted by molar-refractivity contribution is -0.118. The molecule has 2 rings (SSSR count). The molecule has 4 nitrogen and oxygen atoms in total. The monoisotopic (exact) mass is 385 g/mol. The van der Waals surface area contributed by atoms with E-state index >= 15 is 0 Å². The third kappa shape index (κ3) is 4.63. The summed E-state index contributed by atoms with van der Waals surface area (Å²) in [7, 11) is 0. The summed E-state index contributed by atoms with van der Waals surface area (Å²) in [6, 6.07) is 8.15. The highest BCUT2D eigenvalue weighted by Gasteiger charge is 2.16. The van der Waals surface area contributed by atoms with E-state index in [4.69, 9.17) is 39.5 Å². The van der Waals surface area contributed by atoms with E-state index in [1.54, 1.807) is 12.1 Å². The fourth-order valence-corrected chi connectivity index (χ4v) is 2.84. The SMILES string of the molecule is CC(=O)c1cc(Cl)cc(Cl)c1OCC(=O)Nc1ccc(C)cc1Cl. The van der Waals surface area contributed by atoms with Crippen molar-refractivity contribution in [2.24, 2.45) is 0 Å². The number of nitrogens with one attached hydrogen (secondary N) is 1. The highest BCUT2D eigenvalue weighted by molar-refractivity contribution is 6.36. The Balaban J connectivity index is 2.10. The topological polar surface area (TPSA) is 55.4 Å². The number of Topliss-reactive ketones (excluding diaryl/α,β-unsaturated/α-hetero) is 1. The van der Waals surface area contributed by atoms with E-state index in [1.807, 2.05) is 13.0 Å². The minimum atomic E-state index is -0.429. The van der Waals surface area contributed by atoms with Crippen molar-refractivity contribution in [2.75, 3.05) is 11.9 Å². The summed E-state index contributed by atoms with van der Waals surface area (Å²) >= 11 is 18.0. The van der Waals surface area contributed by atoms with Crippen LogP contribution in [0.25, 0.3) is 0 Å². The molecular weight excluding hydrogens is 373 g/mol. The Kier molecular flexibility index (Phi) is 6.10. The number of hydrogen-bond acceptors (Lipinski definition) is 3. The van der Waals surface area contributed by atoms with Crippen LogP contribution >= 0.6 is 34.8 Å². The molecule has 1 amide bonds. The fraction of sp³-hybridized carbons (Fsp3) is 0.176. The summed E-state index contributed by atoms with van der Waals surface area (Å²) < 4.78 is 5.42. The Labute approximate surface area is 154 Å². The first-order valence-electron chi connectivity index (χ1n) is 6.96. The van der Waals surface area contributed by atoms with Crippen molar-refractivity contribution in [3.8, 4) is 5.75 Å². The molecule has 0 atom stereocenters. The van der Waals surface area contributed by atoms with Crippen molar-refractivity contribution >= 4 is 52.2 Å². The molecule has 24 heavy (non-hydrogen) atoms. The lowest BCUT2D eigenvalue weighted by Gasteiger charge is -2.13. The van der Waals surface area contributed by atoms with Crippen LogP contribution in [-0.2, 0) is 4.79 Å². The predicted octanol–water partition coefficient (Wildman–Crippen LogP) is 5.18. The van der Waals surface area contributed by atoms with Gasteiger partial charge >= 0.3 is 0 Å². The Morgan fingerprint density at radius 1 is 1.08 bits per heavy atom. The number of aryl methyl sites for hydroxylation is 1. The third-order valence-electron chi connectivity index (χ3n) is 3.13. The van der Waals surface area contributed by atoms with E-state index in [-0.39, 0.29) is 28.7 Å². The second-order valence-corrected chi connectivity index (χ2v) is 6.39. The summed E-state index contributed by atoms with van der Waals surface area (Å²) in [6.45, 7) is 2.93. The van der Waals surface area contributed by atoms with E-state index in [0.29, 0.717) is 15.7 Å². The predicted molar refractivity (Wildman–Crippen MR) is 96.8 cm³/mol. The van der Waals surface area contributed by atoms with Crippen LogP contribution in [0.1, 0.15) is 22.8 Å². The Bertz CT molecular complexity index is 806. The standard InChI is InChI=1S/C17H14Cl3NO3/c1-9-3-4-15(13(19)5-9)21-16(23)8-24-17-12(10(2)22)6-11(18)7-14(17)20/h3-7H,8H2,1-2H3,(H,21,23). The number of carbonyl (C=O) groups excluding carboxylic acids is 2. The molecule has 2 aromatic carbocycles. The van der Waals surface area contributed by atoms with Crippen molar-refractivity contribution in [2.45, 2.75) is 13.8 Å². The number of carbonyl (C=O) groups is 2. The van der Waals surface area contributed by atoms with Gasteiger partial charge < -0.3 is 10.1 Å². The van der Waals surface area contributed by atoms with Crippen molar-refractivity contribution < 1.29 is 14.3 Å². The second-order valence-electron chi connectivity index (χ2n) is 5.14. The van der Waals surface area contributed by atoms with E-state index in [0.717, 1.165) is 5.56 Å². The van der Waals surface area contributed by atoms with Gasteiger partial charge in [-0.3, -0.25) is 9.59 Å². The summed E-state index contributed by atoms with van der Waals surface area (Å²) in [5.41, 5.74) is 1.67. The van der Waals surface area contributed by atoms with E-state index in [2.05, 4.69) is 5.32 Å². The molecule has 7 heteroatoms. The molecule has 0 heterocycles. The van der Waals surface area contributed by atoms with Crippen LogP contribution in [0.4, 0.5) is 5.69 Å². The number of amides is 1. The van der Waals surface area contributed by atoms with Gasteiger partial charge in [0, 0.05) is 5.02 Å². The average Bonchev–Trinajstić information content (AvgIpc) is 2.48. The van der Waals surface area contributed by atoms with Crippen molar-refractivity contribution in [3.63, 3.8) is 0 Å². The van der Waals surface area contributed by atoms with Gasteiger partial charge in [-0.1, -0.05) is 40.9 Å². The number of ketones is 1. The first-order chi connectivity index (χ1) is 11.3. The van der Waals surface area contributed by atoms with Gasteiger partial charge in [0.15, 0.2) is 12.4 Å². The first kappa shape index (κ1) is 18.6. The summed E-state index contributed by atoms with van der Waals surface area (Å²) in [6.07, 6.45) is 0. The maximum absolute atomic E-state index is 12.0. The van der Waals surface area contributed by atoms with Gasteiger partial charge in [0.2, 0.25) is 0 Å². The molecule has 0 bridgehead atoms. The van der Waals surface area contributed by atoms with Crippen LogP contribution in [-0.4, -0.2) is 18.3 Å². The average molecular weight is 387 g/mol. The molecule has 0 aliphatic rings. The van der Waals surface area contributed by atoms with Crippen LogP contribution in [0.3, 0.4) is 0 Å². The number of hydrogen-bond donors (Lipinski definition) is 1. The van der Waals surface area contributed by atoms with Gasteiger partial charge in [0.1, 0.15) is 5.75 Å². The highest BCUT2D eigenvalue weighted by Crippen LogP contribution is 2.33. The minimum absolute atomic E-state index is 0.124. The molecule has 0 unspecified atom stereocenters. The van der Waals surface area contributed by atoms with Gasteiger partial charge in [-0.15, -0.1) is 0 Å². The quantitative estimate of drug-likeness (QED) is 0.721. The minimum Gasteiger partial charge on any atom is -0.481 e. The van der Waals surface area contributed by atoms with Gasteiger partial charge in [-0.25, -0.2) is 0 Å². The van der Waals surface area contributed by atoms with E-state index in [9.17, 15) is 9.59 Å². The Hall–Kier alpha value is -1.75. The van der Waals surface area contributed by atoms with Crippen molar-refractivity contribution in [1.29, 1.82) is 0 Å². The van der Waals surface area contributed by atoms with Gasteiger partial charge in [0.25, 0.3) is 5.91 Å². The molecule has 0 aromatic heterocycles. The zero-order chi connectivity index (χ0) is 17.9. The maximum atomic E-state index is 12.0. The van der Waals surface area contributed by atoms with Crippen LogP contribution < -0.4 is 10.1 Å². The Morgan fingerprint density at radius 2 is 1.79 bits per heavy atom. The highest BCUT2D eigenvalue weighted by atomic mass is 35.5. The zero-order valence-electron chi connectivity index (χ0n) is 13.0. The normalized spacial score (nSPS) is 10.4. The van der Waals surface area contributed by atoms with E-state index < -0.39 is 5.91 Å². The van der Waals surface area contributed by atoms with Gasteiger partial charge in [0.05, 0.1) is 21.3 Å². The molecule has 126 valence electrons. The lowest BCUT2D eigenvalue weighted by atomic mass is 10.1. The Morgan fingerprint density at radius 3 is 2.42 bits per heavy atom. The smallest absolute Gasteiger partial charge is 0.262 e. The van der Waals surface area contributed by atoms with Crippen LogP contribution in [0.15, 0.2) is 30.3 Å². The van der Waals surface area contributed by atoms with Crippen LogP contribution in [0, 0.1) is 6.92 Å². The van der Waals surface area contributed by atoms with Crippen molar-refractivity contribution in [1.82, 2.24) is 0 Å². The molecule has 0 radical (unpaired) electrons. The fourth-order valence-electron chi connectivity index (χ4n) is 2.01. The molecule has 0 aliphatic heterocycles. The third-order valence-corrected chi connectivity index (χ3v) is 3.95. The summed E-state index contributed by atoms with van der Waals surface area (Å²) in [5, 5.41) is 3.54. The number of ether oxygens (including phenoxy) is 1. The molecule has 0 spiro atoms. The second kappa shape index (κ2) is 7.88. The number of benzene rings is 2. The molecule has 0 aliphatic carbocycles. The molecule has 0 saturated heterocycles. The first-order valence-corrected chi connectivity index (χ1v) is 8.10. The molecule has 0 fully saturated rings. The molecular formula is C17H14Cl3NO3. The number of anilines is 1. The van der Waals surface area contributed by atoms with E-state index in [1.165, 1.54) is 19.1 Å². The van der Waals surface area contributed by atoms with Gasteiger partial charge in [-0.05, 0) is 43.7 Å². The molecule has 2 aromatic rings.